The molecule has 0 saturated carbocycles. The number of aliphatic hydroxyl groups excluding tert-OH is 1. The highest BCUT2D eigenvalue weighted by atomic mass is 19.4. The van der Waals surface area contributed by atoms with Crippen molar-refractivity contribution in [1.29, 1.82) is 0 Å². The molecule has 232 valence electrons. The molecule has 43 heavy (non-hydrogen) atoms. The number of amidine groups is 1. The van der Waals surface area contributed by atoms with Crippen molar-refractivity contribution in [3.63, 3.8) is 0 Å². The highest BCUT2D eigenvalue weighted by Gasteiger charge is 2.48. The Morgan fingerprint density at radius 3 is 2.65 bits per heavy atom. The SMILES string of the molecule is CN(C)Cc1cc(C(O)N2CCC(N3CC(CN)(n4cc(C5N=CN=C6NC=CC65)cn4)C3)CC2)c(F)c(C(F)(F)F)n1. The number of likely N-dealkylation sites (tertiary alicyclic amines) is 2. The van der Waals surface area contributed by atoms with Crippen molar-refractivity contribution >= 4 is 12.2 Å². The maximum Gasteiger partial charge on any atom is 0.436 e. The third-order valence-electron chi connectivity index (χ3n) is 8.84. The van der Waals surface area contributed by atoms with Crippen molar-refractivity contribution in [2.75, 3.05) is 46.8 Å². The Kier molecular flexibility index (Phi) is 7.87. The number of fused-ring (bicyclic) bond motifs is 1. The minimum absolute atomic E-state index is 0.0448. The summed E-state index contributed by atoms with van der Waals surface area (Å²) in [6.45, 7) is 2.70. The number of alkyl halides is 3. The largest absolute Gasteiger partial charge is 0.436 e. The van der Waals surface area contributed by atoms with Crippen molar-refractivity contribution in [3.8, 4) is 0 Å². The first kappa shape index (κ1) is 29.8. The van der Waals surface area contributed by atoms with Crippen molar-refractivity contribution in [2.45, 2.75) is 49.4 Å². The molecule has 3 atom stereocenters. The number of halogens is 4. The predicted molar refractivity (Wildman–Crippen MR) is 151 cm³/mol. The molecule has 0 bridgehead atoms. The van der Waals surface area contributed by atoms with Gasteiger partial charge in [0.05, 0.1) is 23.9 Å². The molecule has 6 rings (SSSR count). The van der Waals surface area contributed by atoms with Gasteiger partial charge in [-0.15, -0.1) is 0 Å². The fraction of sp³-hybridized carbons (Fsp3) is 0.571. The molecule has 0 aromatic carbocycles. The summed E-state index contributed by atoms with van der Waals surface area (Å²) in [4.78, 5) is 18.0. The topological polar surface area (TPSA) is 123 Å². The molecule has 0 spiro atoms. The Hall–Kier alpha value is -3.24. The smallest absolute Gasteiger partial charge is 0.374 e. The van der Waals surface area contributed by atoms with E-state index in [1.165, 1.54) is 6.07 Å². The van der Waals surface area contributed by atoms with Crippen LogP contribution in [0.2, 0.25) is 0 Å². The third kappa shape index (κ3) is 5.59. The van der Waals surface area contributed by atoms with Crippen LogP contribution in [-0.4, -0.2) is 99.6 Å². The number of pyridine rings is 1. The van der Waals surface area contributed by atoms with Gasteiger partial charge in [0.1, 0.15) is 23.9 Å². The zero-order valence-corrected chi connectivity index (χ0v) is 24.0. The zero-order valence-electron chi connectivity index (χ0n) is 24.0. The second kappa shape index (κ2) is 11.4. The van der Waals surface area contributed by atoms with Crippen LogP contribution in [-0.2, 0) is 18.3 Å². The lowest BCUT2D eigenvalue weighted by molar-refractivity contribution is -0.144. The second-order valence-electron chi connectivity index (χ2n) is 12.0. The first-order chi connectivity index (χ1) is 20.5. The number of nitrogens with zero attached hydrogens (tertiary/aromatic N) is 8. The van der Waals surface area contributed by atoms with Crippen LogP contribution in [0.3, 0.4) is 0 Å². The Morgan fingerprint density at radius 2 is 1.98 bits per heavy atom. The highest BCUT2D eigenvalue weighted by molar-refractivity contribution is 5.96. The summed E-state index contributed by atoms with van der Waals surface area (Å²) in [5, 5.41) is 18.8. The number of aromatic nitrogens is 3. The Morgan fingerprint density at radius 1 is 1.23 bits per heavy atom. The van der Waals surface area contributed by atoms with Gasteiger partial charge in [-0.1, -0.05) is 6.08 Å². The van der Waals surface area contributed by atoms with Gasteiger partial charge in [0.25, 0.3) is 0 Å². The minimum Gasteiger partial charge on any atom is -0.374 e. The molecular weight excluding hydrogens is 568 g/mol. The number of hydrogen-bond donors (Lipinski definition) is 3. The van der Waals surface area contributed by atoms with E-state index in [1.54, 1.807) is 30.2 Å². The minimum atomic E-state index is -4.97. The lowest BCUT2D eigenvalue weighted by Crippen LogP contribution is -2.69. The van der Waals surface area contributed by atoms with Gasteiger partial charge in [-0.3, -0.25) is 19.5 Å². The van der Waals surface area contributed by atoms with E-state index in [0.717, 1.165) is 11.4 Å². The average molecular weight is 605 g/mol. The van der Waals surface area contributed by atoms with Crippen molar-refractivity contribution < 1.29 is 22.7 Å². The van der Waals surface area contributed by atoms with Gasteiger partial charge >= 0.3 is 6.18 Å². The van der Waals surface area contributed by atoms with E-state index in [1.807, 2.05) is 29.4 Å². The van der Waals surface area contributed by atoms with Crippen molar-refractivity contribution in [1.82, 2.24) is 34.8 Å². The molecule has 0 amide bonds. The quantitative estimate of drug-likeness (QED) is 0.391. The van der Waals surface area contributed by atoms with Crippen LogP contribution in [0.25, 0.3) is 0 Å². The van der Waals surface area contributed by atoms with E-state index in [2.05, 4.69) is 30.3 Å². The van der Waals surface area contributed by atoms with Crippen molar-refractivity contribution in [3.05, 3.63) is 59.1 Å². The standard InChI is InChI=1S/C28H36F4N10O/c1-39(2)12-18-9-21(22(29)24(38-18)28(30,31)32)26(43)40-7-4-19(5-8-40)41-14-27(13-33,15-41)42-11-17(10-37-42)23-20-3-6-34-25(20)36-16-35-23/h3,6,9-11,16,19-20,23,26,43H,4-5,7-8,12-15,33H2,1-2H3,(H,34,35,36). The second-order valence-corrected chi connectivity index (χ2v) is 12.0. The maximum absolute atomic E-state index is 15.0. The molecule has 4 aliphatic rings. The summed E-state index contributed by atoms with van der Waals surface area (Å²) in [6, 6.07) is 1.33. The first-order valence-corrected chi connectivity index (χ1v) is 14.3. The summed E-state index contributed by atoms with van der Waals surface area (Å²) >= 11 is 0. The lowest BCUT2D eigenvalue weighted by atomic mass is 9.86. The van der Waals surface area contributed by atoms with Gasteiger partial charge in [0.15, 0.2) is 11.5 Å². The zero-order chi connectivity index (χ0) is 30.5. The van der Waals surface area contributed by atoms with E-state index in [9.17, 15) is 22.7 Å². The summed E-state index contributed by atoms with van der Waals surface area (Å²) in [6.07, 6.45) is 4.21. The number of nitrogens with two attached hydrogens (primary N) is 1. The number of nitrogens with one attached hydrogen (secondary N) is 1. The molecule has 2 aromatic rings. The third-order valence-corrected chi connectivity index (χ3v) is 8.84. The molecule has 6 heterocycles. The molecule has 0 radical (unpaired) electrons. The fourth-order valence-corrected chi connectivity index (χ4v) is 6.52. The van der Waals surface area contributed by atoms with Crippen LogP contribution < -0.4 is 11.1 Å². The molecule has 2 aromatic heterocycles. The van der Waals surface area contributed by atoms with Gasteiger partial charge in [0, 0.05) is 62.6 Å². The Bertz CT molecular complexity index is 1420. The van der Waals surface area contributed by atoms with Gasteiger partial charge in [-0.05, 0) is 39.2 Å². The van der Waals surface area contributed by atoms with Gasteiger partial charge in [-0.2, -0.15) is 18.3 Å². The normalized spacial score (nSPS) is 25.0. The molecule has 4 aliphatic heterocycles. The van der Waals surface area contributed by atoms with E-state index in [0.29, 0.717) is 45.6 Å². The highest BCUT2D eigenvalue weighted by Crippen LogP contribution is 2.38. The predicted octanol–water partition coefficient (Wildman–Crippen LogP) is 1.84. The number of aliphatic hydroxyl groups is 1. The number of hydrogen-bond acceptors (Lipinski definition) is 10. The van der Waals surface area contributed by atoms with E-state index >= 15 is 0 Å². The molecule has 11 nitrogen and oxygen atoms in total. The number of piperidine rings is 1. The summed E-state index contributed by atoms with van der Waals surface area (Å²) in [5.41, 5.74) is 4.94. The van der Waals surface area contributed by atoms with Crippen LogP contribution in [0.5, 0.6) is 0 Å². The van der Waals surface area contributed by atoms with E-state index in [4.69, 9.17) is 5.73 Å². The monoisotopic (exact) mass is 604 g/mol. The molecule has 2 saturated heterocycles. The van der Waals surface area contributed by atoms with Gasteiger partial charge < -0.3 is 21.1 Å². The molecular formula is C28H36F4N10O. The average Bonchev–Trinajstić information content (AvgIpc) is 3.63. The Balaban J connectivity index is 1.09. The number of aliphatic imine (C=N–C) groups is 2. The Labute approximate surface area is 246 Å². The van der Waals surface area contributed by atoms with Crippen LogP contribution in [0, 0.1) is 11.7 Å². The molecule has 4 N–H and O–H groups in total. The molecule has 2 fully saturated rings. The summed E-state index contributed by atoms with van der Waals surface area (Å²) in [5.74, 6) is -0.606. The molecule has 15 heteroatoms. The van der Waals surface area contributed by atoms with Gasteiger partial charge in [-0.25, -0.2) is 14.4 Å². The first-order valence-electron chi connectivity index (χ1n) is 14.3. The molecule has 0 aliphatic carbocycles. The van der Waals surface area contributed by atoms with E-state index < -0.39 is 29.5 Å². The van der Waals surface area contributed by atoms with Gasteiger partial charge in [0.2, 0.25) is 0 Å². The van der Waals surface area contributed by atoms with Crippen LogP contribution >= 0.6 is 0 Å². The summed E-state index contributed by atoms with van der Waals surface area (Å²) < 4.78 is 57.6. The van der Waals surface area contributed by atoms with Crippen LogP contribution in [0.1, 0.15) is 47.6 Å². The summed E-state index contributed by atoms with van der Waals surface area (Å²) in [7, 11) is 3.36. The van der Waals surface area contributed by atoms with Crippen LogP contribution in [0.4, 0.5) is 17.6 Å². The lowest BCUT2D eigenvalue weighted by Gasteiger charge is -2.54. The number of rotatable bonds is 8. The van der Waals surface area contributed by atoms with Crippen LogP contribution in [0.15, 0.2) is 40.7 Å². The fourth-order valence-electron chi connectivity index (χ4n) is 6.52. The van der Waals surface area contributed by atoms with E-state index in [-0.39, 0.29) is 35.8 Å². The molecule has 3 unspecified atom stereocenters. The maximum atomic E-state index is 15.0. The van der Waals surface area contributed by atoms with Crippen molar-refractivity contribution in [2.24, 2.45) is 21.6 Å².